The predicted molar refractivity (Wildman–Crippen MR) is 59.3 cm³/mol. The molecule has 1 aliphatic rings. The van der Waals surface area contributed by atoms with Crippen LogP contribution in [0.15, 0.2) is 22.8 Å². The summed E-state index contributed by atoms with van der Waals surface area (Å²) in [4.78, 5) is 4.53. The number of halogens is 1. The first kappa shape index (κ1) is 10.1. The summed E-state index contributed by atoms with van der Waals surface area (Å²) in [6.07, 6.45) is 2.18. The minimum Gasteiger partial charge on any atom is -0.380 e. The van der Waals surface area contributed by atoms with Crippen molar-refractivity contribution in [3.63, 3.8) is 0 Å². The Morgan fingerprint density at radius 1 is 1.57 bits per heavy atom. The standard InChI is InChI=1S/C11H14BrNO/c1-2-11(6-7-14-8-11)9-4-3-5-10(12)13-9/h3-5H,2,6-8H2,1H3/t11-/m0/s1. The maximum absolute atomic E-state index is 5.49. The van der Waals surface area contributed by atoms with Crippen LogP contribution in [0.1, 0.15) is 25.5 Å². The number of rotatable bonds is 2. The van der Waals surface area contributed by atoms with Gasteiger partial charge in [0.2, 0.25) is 0 Å². The zero-order chi connectivity index (χ0) is 10.0. The van der Waals surface area contributed by atoms with Gasteiger partial charge in [-0.15, -0.1) is 0 Å². The molecule has 0 unspecified atom stereocenters. The molecule has 0 N–H and O–H groups in total. The van der Waals surface area contributed by atoms with E-state index in [0.29, 0.717) is 0 Å². The fourth-order valence-corrected chi connectivity index (χ4v) is 2.32. The van der Waals surface area contributed by atoms with Gasteiger partial charge in [0.1, 0.15) is 4.60 Å². The van der Waals surface area contributed by atoms with Gasteiger partial charge in [-0.3, -0.25) is 0 Å². The van der Waals surface area contributed by atoms with E-state index in [4.69, 9.17) is 4.74 Å². The number of aromatic nitrogens is 1. The molecule has 0 radical (unpaired) electrons. The fraction of sp³-hybridized carbons (Fsp3) is 0.545. The molecule has 0 aliphatic carbocycles. The summed E-state index contributed by atoms with van der Waals surface area (Å²) in [6, 6.07) is 6.10. The minimum absolute atomic E-state index is 0.157. The average Bonchev–Trinajstić information content (AvgIpc) is 2.67. The van der Waals surface area contributed by atoms with Crippen LogP contribution in [0.2, 0.25) is 0 Å². The molecule has 0 spiro atoms. The molecule has 0 bridgehead atoms. The third-order valence-corrected chi connectivity index (χ3v) is 3.48. The van der Waals surface area contributed by atoms with Crippen molar-refractivity contribution in [1.82, 2.24) is 4.98 Å². The Labute approximate surface area is 92.8 Å². The summed E-state index contributed by atoms with van der Waals surface area (Å²) in [7, 11) is 0. The van der Waals surface area contributed by atoms with E-state index < -0.39 is 0 Å². The smallest absolute Gasteiger partial charge is 0.106 e. The molecule has 1 aromatic heterocycles. The Bertz CT molecular complexity index is 321. The molecule has 3 heteroatoms. The van der Waals surface area contributed by atoms with E-state index in [-0.39, 0.29) is 5.41 Å². The van der Waals surface area contributed by atoms with Gasteiger partial charge in [0.15, 0.2) is 0 Å². The Kier molecular flexibility index (Phi) is 2.88. The summed E-state index contributed by atoms with van der Waals surface area (Å²) in [5.41, 5.74) is 1.32. The van der Waals surface area contributed by atoms with Crippen LogP contribution in [0.5, 0.6) is 0 Å². The molecule has 2 rings (SSSR count). The van der Waals surface area contributed by atoms with E-state index in [9.17, 15) is 0 Å². The highest BCUT2D eigenvalue weighted by molar-refractivity contribution is 9.10. The molecule has 1 aromatic rings. The topological polar surface area (TPSA) is 22.1 Å². The highest BCUT2D eigenvalue weighted by Gasteiger charge is 2.36. The lowest BCUT2D eigenvalue weighted by molar-refractivity contribution is 0.174. The second kappa shape index (κ2) is 3.99. The van der Waals surface area contributed by atoms with Crippen LogP contribution in [0.4, 0.5) is 0 Å². The zero-order valence-corrected chi connectivity index (χ0v) is 9.88. The molecule has 0 aromatic carbocycles. The molecule has 1 aliphatic heterocycles. The molecule has 0 amide bonds. The van der Waals surface area contributed by atoms with Crippen molar-refractivity contribution in [3.8, 4) is 0 Å². The van der Waals surface area contributed by atoms with Crippen LogP contribution in [0.25, 0.3) is 0 Å². The van der Waals surface area contributed by atoms with Crippen molar-refractivity contribution in [2.45, 2.75) is 25.2 Å². The van der Waals surface area contributed by atoms with E-state index >= 15 is 0 Å². The van der Waals surface area contributed by atoms with Crippen LogP contribution >= 0.6 is 15.9 Å². The average molecular weight is 256 g/mol. The predicted octanol–water partition coefficient (Wildman–Crippen LogP) is 2.91. The second-order valence-electron chi connectivity index (χ2n) is 3.78. The number of ether oxygens (including phenoxy) is 1. The Balaban J connectivity index is 2.35. The molecular weight excluding hydrogens is 242 g/mol. The molecule has 14 heavy (non-hydrogen) atoms. The quantitative estimate of drug-likeness (QED) is 0.759. The molecule has 2 heterocycles. The third kappa shape index (κ3) is 1.71. The van der Waals surface area contributed by atoms with Crippen molar-refractivity contribution >= 4 is 15.9 Å². The summed E-state index contributed by atoms with van der Waals surface area (Å²) < 4.78 is 6.40. The normalized spacial score (nSPS) is 26.7. The molecule has 0 saturated carbocycles. The number of hydrogen-bond acceptors (Lipinski definition) is 2. The largest absolute Gasteiger partial charge is 0.380 e. The number of pyridine rings is 1. The molecular formula is C11H14BrNO. The molecule has 1 fully saturated rings. The summed E-state index contributed by atoms with van der Waals surface area (Å²) in [6.45, 7) is 3.88. The van der Waals surface area contributed by atoms with Crippen molar-refractivity contribution in [1.29, 1.82) is 0 Å². The monoisotopic (exact) mass is 255 g/mol. The lowest BCUT2D eigenvalue weighted by Crippen LogP contribution is -2.26. The van der Waals surface area contributed by atoms with Crippen LogP contribution in [0.3, 0.4) is 0 Å². The van der Waals surface area contributed by atoms with Gasteiger partial charge >= 0.3 is 0 Å². The zero-order valence-electron chi connectivity index (χ0n) is 8.29. The van der Waals surface area contributed by atoms with Gasteiger partial charge in [0.25, 0.3) is 0 Å². The highest BCUT2D eigenvalue weighted by atomic mass is 79.9. The summed E-state index contributed by atoms with van der Waals surface area (Å²) in [5.74, 6) is 0. The van der Waals surface area contributed by atoms with Gasteiger partial charge < -0.3 is 4.74 Å². The lowest BCUT2D eigenvalue weighted by Gasteiger charge is -2.24. The molecule has 1 saturated heterocycles. The summed E-state index contributed by atoms with van der Waals surface area (Å²) in [5, 5.41) is 0. The second-order valence-corrected chi connectivity index (χ2v) is 4.59. The van der Waals surface area contributed by atoms with E-state index in [1.165, 1.54) is 0 Å². The Morgan fingerprint density at radius 2 is 2.43 bits per heavy atom. The van der Waals surface area contributed by atoms with Crippen molar-refractivity contribution in [2.75, 3.05) is 13.2 Å². The first-order valence-electron chi connectivity index (χ1n) is 4.98. The third-order valence-electron chi connectivity index (χ3n) is 3.04. The highest BCUT2D eigenvalue weighted by Crippen LogP contribution is 2.35. The minimum atomic E-state index is 0.157. The van der Waals surface area contributed by atoms with E-state index in [1.54, 1.807) is 0 Å². The van der Waals surface area contributed by atoms with Crippen LogP contribution in [-0.4, -0.2) is 18.2 Å². The Hall–Kier alpha value is -0.410. The molecule has 1 atom stereocenters. The number of hydrogen-bond donors (Lipinski definition) is 0. The van der Waals surface area contributed by atoms with Crippen LogP contribution < -0.4 is 0 Å². The van der Waals surface area contributed by atoms with Crippen molar-refractivity contribution in [2.24, 2.45) is 0 Å². The SMILES string of the molecule is CC[C@]1(c2cccc(Br)n2)CCOC1. The van der Waals surface area contributed by atoms with Crippen molar-refractivity contribution in [3.05, 3.63) is 28.5 Å². The van der Waals surface area contributed by atoms with Gasteiger partial charge in [-0.1, -0.05) is 13.0 Å². The Morgan fingerprint density at radius 3 is 3.00 bits per heavy atom. The van der Waals surface area contributed by atoms with Gasteiger partial charge in [-0.05, 0) is 40.9 Å². The van der Waals surface area contributed by atoms with Gasteiger partial charge in [0, 0.05) is 12.0 Å². The fourth-order valence-electron chi connectivity index (χ4n) is 1.97. The number of nitrogens with zero attached hydrogens (tertiary/aromatic N) is 1. The van der Waals surface area contributed by atoms with Gasteiger partial charge in [0.05, 0.1) is 12.3 Å². The van der Waals surface area contributed by atoms with Gasteiger partial charge in [-0.25, -0.2) is 4.98 Å². The van der Waals surface area contributed by atoms with Crippen molar-refractivity contribution < 1.29 is 4.74 Å². The first-order chi connectivity index (χ1) is 6.77. The summed E-state index contributed by atoms with van der Waals surface area (Å²) >= 11 is 3.41. The van der Waals surface area contributed by atoms with Gasteiger partial charge in [-0.2, -0.15) is 0 Å². The lowest BCUT2D eigenvalue weighted by atomic mass is 9.81. The maximum Gasteiger partial charge on any atom is 0.106 e. The van der Waals surface area contributed by atoms with E-state index in [2.05, 4.69) is 33.9 Å². The van der Waals surface area contributed by atoms with Crippen LogP contribution in [0, 0.1) is 0 Å². The maximum atomic E-state index is 5.49. The first-order valence-corrected chi connectivity index (χ1v) is 5.77. The molecule has 2 nitrogen and oxygen atoms in total. The van der Waals surface area contributed by atoms with Crippen LogP contribution in [-0.2, 0) is 10.2 Å². The molecule has 76 valence electrons. The van der Waals surface area contributed by atoms with E-state index in [0.717, 1.165) is 36.4 Å². The van der Waals surface area contributed by atoms with E-state index in [1.807, 2.05) is 12.1 Å².